The fraction of sp³-hybridized carbons (Fsp3) is 0.333. The lowest BCUT2D eigenvalue weighted by Gasteiger charge is -2.07. The number of ether oxygens (including phenoxy) is 1. The summed E-state index contributed by atoms with van der Waals surface area (Å²) in [6, 6.07) is 0. The minimum Gasteiger partial charge on any atom is -0.479 e. The van der Waals surface area contributed by atoms with Crippen molar-refractivity contribution in [1.29, 1.82) is 0 Å². The average molecular weight is 160 g/mol. The molecule has 1 heterocycles. The van der Waals surface area contributed by atoms with Gasteiger partial charge in [0.1, 0.15) is 6.61 Å². The van der Waals surface area contributed by atoms with Gasteiger partial charge in [-0.2, -0.15) is 0 Å². The molecule has 1 aliphatic heterocycles. The summed E-state index contributed by atoms with van der Waals surface area (Å²) in [6.45, 7) is 0.346. The number of rotatable bonds is 1. The molecule has 56 valence electrons. The molecule has 0 atom stereocenters. The van der Waals surface area contributed by atoms with Crippen molar-refractivity contribution >= 4 is 9.84 Å². The standard InChI is InChI=1S/C6H8O3S/c1-10(7,8)6-4-2-3-5-9-6/h2-4H,5H2,1H3. The molecule has 0 saturated heterocycles. The van der Waals surface area contributed by atoms with Gasteiger partial charge < -0.3 is 4.74 Å². The molecule has 1 aliphatic rings. The van der Waals surface area contributed by atoms with Crippen molar-refractivity contribution in [1.82, 2.24) is 0 Å². The first-order chi connectivity index (χ1) is 4.61. The quantitative estimate of drug-likeness (QED) is 0.559. The van der Waals surface area contributed by atoms with Crippen molar-refractivity contribution in [3.8, 4) is 0 Å². The molecule has 0 bridgehead atoms. The Morgan fingerprint density at radius 2 is 2.30 bits per heavy atom. The predicted octanol–water partition coefficient (Wildman–Crippen LogP) is 0.459. The van der Waals surface area contributed by atoms with Crippen molar-refractivity contribution in [3.05, 3.63) is 23.3 Å². The van der Waals surface area contributed by atoms with E-state index < -0.39 is 9.84 Å². The van der Waals surface area contributed by atoms with Crippen molar-refractivity contribution in [2.24, 2.45) is 0 Å². The lowest BCUT2D eigenvalue weighted by Crippen LogP contribution is -2.07. The van der Waals surface area contributed by atoms with Crippen LogP contribution in [-0.4, -0.2) is 21.3 Å². The predicted molar refractivity (Wildman–Crippen MR) is 38.0 cm³/mol. The first-order valence-corrected chi connectivity index (χ1v) is 4.69. The lowest BCUT2D eigenvalue weighted by atomic mass is 10.4. The summed E-state index contributed by atoms with van der Waals surface area (Å²) in [4.78, 5) is 0. The lowest BCUT2D eigenvalue weighted by molar-refractivity contribution is 0.268. The SMILES string of the molecule is CS(=O)(=O)C1=CC=CCO1. The second-order valence-electron chi connectivity index (χ2n) is 2.00. The Kier molecular flexibility index (Phi) is 1.80. The highest BCUT2D eigenvalue weighted by Crippen LogP contribution is 2.09. The first-order valence-electron chi connectivity index (χ1n) is 2.80. The van der Waals surface area contributed by atoms with Crippen LogP contribution in [0.5, 0.6) is 0 Å². The minimum absolute atomic E-state index is 0.0509. The molecule has 0 saturated carbocycles. The third-order valence-electron chi connectivity index (χ3n) is 1.06. The molecule has 0 aliphatic carbocycles. The number of hydrogen-bond acceptors (Lipinski definition) is 3. The summed E-state index contributed by atoms with van der Waals surface area (Å²) in [6.07, 6.45) is 5.98. The summed E-state index contributed by atoms with van der Waals surface area (Å²) in [5.41, 5.74) is 0. The Balaban J connectivity index is 2.93. The van der Waals surface area contributed by atoms with Crippen LogP contribution in [0.2, 0.25) is 0 Å². The molecule has 0 amide bonds. The molecule has 3 nitrogen and oxygen atoms in total. The van der Waals surface area contributed by atoms with Crippen LogP contribution < -0.4 is 0 Å². The summed E-state index contributed by atoms with van der Waals surface area (Å²) in [5, 5.41) is 0.0509. The Labute approximate surface area is 59.9 Å². The second-order valence-corrected chi connectivity index (χ2v) is 3.94. The zero-order valence-corrected chi connectivity index (χ0v) is 6.39. The molecular formula is C6H8O3S. The molecule has 0 aromatic carbocycles. The number of sulfone groups is 1. The van der Waals surface area contributed by atoms with Crippen LogP contribution in [0.25, 0.3) is 0 Å². The summed E-state index contributed by atoms with van der Waals surface area (Å²) in [7, 11) is -3.14. The van der Waals surface area contributed by atoms with Gasteiger partial charge in [-0.15, -0.1) is 0 Å². The van der Waals surface area contributed by atoms with Gasteiger partial charge in [-0.3, -0.25) is 0 Å². The van der Waals surface area contributed by atoms with Gasteiger partial charge in [-0.25, -0.2) is 8.42 Å². The van der Waals surface area contributed by atoms with Gasteiger partial charge in [-0.05, 0) is 12.2 Å². The van der Waals surface area contributed by atoms with Crippen LogP contribution in [0.3, 0.4) is 0 Å². The van der Waals surface area contributed by atoms with Gasteiger partial charge in [0.2, 0.25) is 14.9 Å². The maximum absolute atomic E-state index is 10.8. The normalized spacial score (nSPS) is 17.9. The summed E-state index contributed by atoms with van der Waals surface area (Å²) >= 11 is 0. The van der Waals surface area contributed by atoms with Gasteiger partial charge in [0.05, 0.1) is 0 Å². The highest BCUT2D eigenvalue weighted by molar-refractivity contribution is 7.94. The van der Waals surface area contributed by atoms with Gasteiger partial charge in [0, 0.05) is 6.26 Å². The molecule has 0 fully saturated rings. The van der Waals surface area contributed by atoms with Gasteiger partial charge in [-0.1, -0.05) is 6.08 Å². The van der Waals surface area contributed by atoms with Crippen molar-refractivity contribution in [2.45, 2.75) is 0 Å². The van der Waals surface area contributed by atoms with E-state index in [0.717, 1.165) is 6.26 Å². The fourth-order valence-corrected chi connectivity index (χ4v) is 1.22. The van der Waals surface area contributed by atoms with E-state index in [4.69, 9.17) is 4.74 Å². The molecule has 0 aromatic heterocycles. The van der Waals surface area contributed by atoms with Crippen LogP contribution in [-0.2, 0) is 14.6 Å². The van der Waals surface area contributed by atoms with E-state index >= 15 is 0 Å². The van der Waals surface area contributed by atoms with Crippen LogP contribution in [0.4, 0.5) is 0 Å². The third kappa shape index (κ3) is 1.60. The Morgan fingerprint density at radius 1 is 1.60 bits per heavy atom. The van der Waals surface area contributed by atoms with E-state index in [2.05, 4.69) is 0 Å². The minimum atomic E-state index is -3.14. The molecule has 1 rings (SSSR count). The highest BCUT2D eigenvalue weighted by Gasteiger charge is 2.12. The zero-order valence-electron chi connectivity index (χ0n) is 5.57. The Bertz CT molecular complexity index is 271. The van der Waals surface area contributed by atoms with E-state index in [0.29, 0.717) is 6.61 Å². The third-order valence-corrected chi connectivity index (χ3v) is 2.04. The van der Waals surface area contributed by atoms with Crippen LogP contribution in [0, 0.1) is 0 Å². The van der Waals surface area contributed by atoms with Crippen molar-refractivity contribution < 1.29 is 13.2 Å². The van der Waals surface area contributed by atoms with Crippen LogP contribution >= 0.6 is 0 Å². The monoisotopic (exact) mass is 160 g/mol. The average Bonchev–Trinajstić information content (AvgIpc) is 1.88. The first kappa shape index (κ1) is 7.34. The molecule has 4 heteroatoms. The van der Waals surface area contributed by atoms with Gasteiger partial charge in [0.15, 0.2) is 0 Å². The smallest absolute Gasteiger partial charge is 0.211 e. The maximum atomic E-state index is 10.8. The van der Waals surface area contributed by atoms with Crippen LogP contribution in [0.15, 0.2) is 23.3 Å². The molecule has 0 spiro atoms. The molecule has 0 aromatic rings. The zero-order chi connectivity index (χ0) is 7.61. The fourth-order valence-electron chi connectivity index (χ4n) is 0.611. The summed E-state index contributed by atoms with van der Waals surface area (Å²) < 4.78 is 26.3. The van der Waals surface area contributed by atoms with Gasteiger partial charge in [0.25, 0.3) is 0 Å². The Morgan fingerprint density at radius 3 is 2.60 bits per heavy atom. The number of hydrogen-bond donors (Lipinski definition) is 0. The molecule has 0 radical (unpaired) electrons. The summed E-state index contributed by atoms with van der Waals surface area (Å²) in [5.74, 6) is 0. The molecule has 10 heavy (non-hydrogen) atoms. The molecule has 0 unspecified atom stereocenters. The van der Waals surface area contributed by atoms with E-state index in [-0.39, 0.29) is 5.09 Å². The second kappa shape index (κ2) is 2.46. The van der Waals surface area contributed by atoms with E-state index in [1.165, 1.54) is 6.08 Å². The molecule has 0 N–H and O–H groups in total. The van der Waals surface area contributed by atoms with Crippen molar-refractivity contribution in [3.63, 3.8) is 0 Å². The van der Waals surface area contributed by atoms with E-state index in [1.807, 2.05) is 0 Å². The highest BCUT2D eigenvalue weighted by atomic mass is 32.2. The largest absolute Gasteiger partial charge is 0.479 e. The van der Waals surface area contributed by atoms with Crippen LogP contribution in [0.1, 0.15) is 0 Å². The Hall–Kier alpha value is -0.770. The maximum Gasteiger partial charge on any atom is 0.211 e. The van der Waals surface area contributed by atoms with E-state index in [1.54, 1.807) is 12.2 Å². The van der Waals surface area contributed by atoms with E-state index in [9.17, 15) is 8.42 Å². The molecular weight excluding hydrogens is 152 g/mol. The number of allylic oxidation sites excluding steroid dienone is 2. The van der Waals surface area contributed by atoms with Crippen molar-refractivity contribution in [2.75, 3.05) is 12.9 Å². The topological polar surface area (TPSA) is 43.4 Å². The van der Waals surface area contributed by atoms with Gasteiger partial charge >= 0.3 is 0 Å².